The van der Waals surface area contributed by atoms with Crippen LogP contribution in [0.3, 0.4) is 0 Å². The van der Waals surface area contributed by atoms with E-state index in [-0.39, 0.29) is 20.7 Å². The van der Waals surface area contributed by atoms with E-state index in [0.29, 0.717) is 16.3 Å². The molecule has 1 aliphatic heterocycles. The molecule has 4 amide bonds. The standard InChI is InChI=1S/C23H14BrClN2O6S/c24-19-13-14(6-11-20(19)33-34(31,32)17-9-7-15(25)8-10-17)12-18-21(28)26-23(30)27(22(18)29)16-4-2-1-3-5-16/h1-13H,(H,26,28,30)/b18-12+. The van der Waals surface area contributed by atoms with Crippen LogP contribution in [0.2, 0.25) is 5.02 Å². The quantitative estimate of drug-likeness (QED) is 0.278. The number of amides is 4. The summed E-state index contributed by atoms with van der Waals surface area (Å²) in [6.07, 6.45) is 1.29. The second-order valence-electron chi connectivity index (χ2n) is 6.97. The van der Waals surface area contributed by atoms with E-state index >= 15 is 0 Å². The maximum absolute atomic E-state index is 12.9. The zero-order chi connectivity index (χ0) is 24.5. The fourth-order valence-corrected chi connectivity index (χ4v) is 4.74. The van der Waals surface area contributed by atoms with E-state index in [0.717, 1.165) is 4.90 Å². The van der Waals surface area contributed by atoms with Crippen molar-refractivity contribution in [2.45, 2.75) is 4.90 Å². The molecule has 1 fully saturated rings. The maximum Gasteiger partial charge on any atom is 0.339 e. The van der Waals surface area contributed by atoms with Gasteiger partial charge in [0.2, 0.25) is 0 Å². The Morgan fingerprint density at radius 3 is 2.26 bits per heavy atom. The van der Waals surface area contributed by atoms with Gasteiger partial charge >= 0.3 is 16.1 Å². The molecule has 0 radical (unpaired) electrons. The summed E-state index contributed by atoms with van der Waals surface area (Å²) < 4.78 is 30.5. The van der Waals surface area contributed by atoms with Gasteiger partial charge in [-0.3, -0.25) is 14.9 Å². The van der Waals surface area contributed by atoms with Crippen LogP contribution in [-0.4, -0.2) is 26.3 Å². The van der Waals surface area contributed by atoms with Crippen molar-refractivity contribution in [2.75, 3.05) is 4.90 Å². The van der Waals surface area contributed by atoms with Crippen molar-refractivity contribution in [1.82, 2.24) is 5.32 Å². The first-order chi connectivity index (χ1) is 16.2. The van der Waals surface area contributed by atoms with Crippen molar-refractivity contribution < 1.29 is 27.0 Å². The van der Waals surface area contributed by atoms with Crippen molar-refractivity contribution in [3.63, 3.8) is 0 Å². The molecule has 0 bridgehead atoms. The average molecular weight is 562 g/mol. The van der Waals surface area contributed by atoms with Gasteiger partial charge in [0.1, 0.15) is 10.5 Å². The van der Waals surface area contributed by atoms with E-state index in [2.05, 4.69) is 21.2 Å². The molecule has 8 nitrogen and oxygen atoms in total. The number of carbonyl (C=O) groups excluding carboxylic acids is 3. The second-order valence-corrected chi connectivity index (χ2v) is 9.81. The predicted molar refractivity (Wildman–Crippen MR) is 129 cm³/mol. The molecule has 1 heterocycles. The number of carbonyl (C=O) groups is 3. The van der Waals surface area contributed by atoms with E-state index in [1.165, 1.54) is 48.5 Å². The van der Waals surface area contributed by atoms with E-state index in [4.69, 9.17) is 15.8 Å². The van der Waals surface area contributed by atoms with Gasteiger partial charge in [0.05, 0.1) is 10.2 Å². The molecule has 4 rings (SSSR count). The zero-order valence-electron chi connectivity index (χ0n) is 17.1. The fraction of sp³-hybridized carbons (Fsp3) is 0. The topological polar surface area (TPSA) is 110 Å². The molecule has 1 N–H and O–H groups in total. The van der Waals surface area contributed by atoms with Crippen LogP contribution in [0.5, 0.6) is 5.75 Å². The van der Waals surface area contributed by atoms with Gasteiger partial charge in [-0.15, -0.1) is 0 Å². The van der Waals surface area contributed by atoms with E-state index in [9.17, 15) is 22.8 Å². The Morgan fingerprint density at radius 1 is 0.941 bits per heavy atom. The van der Waals surface area contributed by atoms with Gasteiger partial charge in [-0.25, -0.2) is 9.69 Å². The summed E-state index contributed by atoms with van der Waals surface area (Å²) in [5, 5.41) is 2.52. The van der Waals surface area contributed by atoms with Gasteiger partial charge < -0.3 is 4.18 Å². The molecule has 0 unspecified atom stereocenters. The minimum Gasteiger partial charge on any atom is -0.378 e. The normalized spacial score (nSPS) is 15.4. The van der Waals surface area contributed by atoms with Crippen LogP contribution < -0.4 is 14.4 Å². The summed E-state index contributed by atoms with van der Waals surface area (Å²) >= 11 is 9.04. The number of benzene rings is 3. The van der Waals surface area contributed by atoms with Gasteiger partial charge in [0, 0.05) is 5.02 Å². The summed E-state index contributed by atoms with van der Waals surface area (Å²) in [6.45, 7) is 0. The molecule has 11 heteroatoms. The average Bonchev–Trinajstić information content (AvgIpc) is 2.79. The number of hydrogen-bond acceptors (Lipinski definition) is 6. The third-order valence-corrected chi connectivity index (χ3v) is 6.80. The number of halogens is 2. The third-order valence-electron chi connectivity index (χ3n) is 4.68. The number of para-hydroxylation sites is 1. The SMILES string of the molecule is O=C1NC(=O)N(c2ccccc2)C(=O)/C1=C/c1ccc(OS(=O)(=O)c2ccc(Cl)cc2)c(Br)c1. The Labute approximate surface area is 208 Å². The number of nitrogens with zero attached hydrogens (tertiary/aromatic N) is 1. The van der Waals surface area contributed by atoms with Crippen LogP contribution >= 0.6 is 27.5 Å². The van der Waals surface area contributed by atoms with Gasteiger partial charge in [0.15, 0.2) is 5.75 Å². The van der Waals surface area contributed by atoms with Gasteiger partial charge in [-0.1, -0.05) is 35.9 Å². The summed E-state index contributed by atoms with van der Waals surface area (Å²) in [7, 11) is -4.12. The molecular formula is C23H14BrClN2O6S. The first kappa shape index (κ1) is 23.7. The minimum absolute atomic E-state index is 0.00221. The largest absolute Gasteiger partial charge is 0.378 e. The Kier molecular flexibility index (Phi) is 6.56. The zero-order valence-corrected chi connectivity index (χ0v) is 20.2. The number of rotatable bonds is 5. The van der Waals surface area contributed by atoms with Crippen LogP contribution in [0, 0.1) is 0 Å². The molecule has 1 saturated heterocycles. The highest BCUT2D eigenvalue weighted by molar-refractivity contribution is 9.10. The predicted octanol–water partition coefficient (Wildman–Crippen LogP) is 4.54. The van der Waals surface area contributed by atoms with Crippen molar-refractivity contribution in [1.29, 1.82) is 0 Å². The number of hydrogen-bond donors (Lipinski definition) is 1. The minimum atomic E-state index is -4.12. The van der Waals surface area contributed by atoms with E-state index < -0.39 is 28.0 Å². The maximum atomic E-state index is 12.9. The first-order valence-electron chi connectivity index (χ1n) is 9.62. The fourth-order valence-electron chi connectivity index (χ4n) is 3.08. The molecule has 0 saturated carbocycles. The van der Waals surface area contributed by atoms with E-state index in [1.54, 1.807) is 30.3 Å². The summed E-state index contributed by atoms with van der Waals surface area (Å²) in [5.41, 5.74) is 0.433. The first-order valence-corrected chi connectivity index (χ1v) is 12.2. The Hall–Kier alpha value is -3.47. The van der Waals surface area contributed by atoms with Gasteiger partial charge in [-0.05, 0) is 76.1 Å². The van der Waals surface area contributed by atoms with Gasteiger partial charge in [0.25, 0.3) is 11.8 Å². The lowest BCUT2D eigenvalue weighted by atomic mass is 10.1. The molecule has 34 heavy (non-hydrogen) atoms. The lowest BCUT2D eigenvalue weighted by Gasteiger charge is -2.26. The third kappa shape index (κ3) is 4.89. The highest BCUT2D eigenvalue weighted by Crippen LogP contribution is 2.30. The monoisotopic (exact) mass is 560 g/mol. The number of imide groups is 2. The highest BCUT2D eigenvalue weighted by atomic mass is 79.9. The van der Waals surface area contributed by atoms with Crippen molar-refractivity contribution in [3.05, 3.63) is 93.4 Å². The molecule has 3 aromatic rings. The molecule has 1 aliphatic rings. The number of anilines is 1. The lowest BCUT2D eigenvalue weighted by Crippen LogP contribution is -2.54. The molecule has 172 valence electrons. The summed E-state index contributed by atoms with van der Waals surface area (Å²) in [5.74, 6) is -1.64. The van der Waals surface area contributed by atoms with Crippen molar-refractivity contribution >= 4 is 67.3 Å². The van der Waals surface area contributed by atoms with Gasteiger partial charge in [-0.2, -0.15) is 8.42 Å². The Balaban J connectivity index is 1.61. The van der Waals surface area contributed by atoms with Crippen LogP contribution in [-0.2, 0) is 19.7 Å². The molecule has 0 aliphatic carbocycles. The molecule has 0 aromatic heterocycles. The molecule has 0 spiro atoms. The van der Waals surface area contributed by atoms with Crippen LogP contribution in [0.25, 0.3) is 6.08 Å². The molecule has 0 atom stereocenters. The number of urea groups is 1. The molecular weight excluding hydrogens is 548 g/mol. The van der Waals surface area contributed by atoms with Crippen LogP contribution in [0.1, 0.15) is 5.56 Å². The van der Waals surface area contributed by atoms with Crippen molar-refractivity contribution in [2.24, 2.45) is 0 Å². The lowest BCUT2D eigenvalue weighted by molar-refractivity contribution is -0.122. The Morgan fingerprint density at radius 2 is 1.62 bits per heavy atom. The smallest absolute Gasteiger partial charge is 0.339 e. The summed E-state index contributed by atoms with van der Waals surface area (Å²) in [6, 6.07) is 17.1. The van der Waals surface area contributed by atoms with Crippen LogP contribution in [0.15, 0.2) is 87.7 Å². The highest BCUT2D eigenvalue weighted by Gasteiger charge is 2.36. The van der Waals surface area contributed by atoms with Crippen molar-refractivity contribution in [3.8, 4) is 5.75 Å². The summed E-state index contributed by atoms with van der Waals surface area (Å²) in [4.78, 5) is 38.3. The van der Waals surface area contributed by atoms with Crippen LogP contribution in [0.4, 0.5) is 10.5 Å². The number of barbiturate groups is 1. The Bertz CT molecular complexity index is 1440. The second kappa shape index (κ2) is 9.41. The molecule has 3 aromatic carbocycles. The van der Waals surface area contributed by atoms with E-state index in [1.807, 2.05) is 0 Å². The number of nitrogens with one attached hydrogen (secondary N) is 1.